The summed E-state index contributed by atoms with van der Waals surface area (Å²) in [5.74, 6) is -0.0917. The third-order valence-corrected chi connectivity index (χ3v) is 5.55. The molecule has 1 aliphatic heterocycles. The number of benzene rings is 1. The van der Waals surface area contributed by atoms with Gasteiger partial charge in [0.1, 0.15) is 12.4 Å². The minimum Gasteiger partial charge on any atom is -0.461 e. The first-order chi connectivity index (χ1) is 17.3. The van der Waals surface area contributed by atoms with Crippen LogP contribution in [-0.4, -0.2) is 65.4 Å². The first-order valence-electron chi connectivity index (χ1n) is 11.6. The number of hydrogen-bond donors (Lipinski definition) is 2. The summed E-state index contributed by atoms with van der Waals surface area (Å²) in [4.78, 5) is 29.2. The van der Waals surface area contributed by atoms with Gasteiger partial charge in [0, 0.05) is 24.9 Å². The van der Waals surface area contributed by atoms with Crippen LogP contribution in [0.4, 0.5) is 4.39 Å². The van der Waals surface area contributed by atoms with Gasteiger partial charge in [-0.1, -0.05) is 0 Å². The van der Waals surface area contributed by atoms with Gasteiger partial charge in [-0.25, -0.2) is 14.4 Å². The first-order valence-corrected chi connectivity index (χ1v) is 11.6. The molecule has 0 saturated carbocycles. The second kappa shape index (κ2) is 11.1. The SMILES string of the molecule is COCCOc1nccc(-c2[nH]c(C3OCC(C)(C(=O)NC(C)C)CO3)nc2-c2ccc(F)cc2)n1. The highest BCUT2D eigenvalue weighted by Crippen LogP contribution is 2.35. The molecular formula is C25H30FN5O5. The van der Waals surface area contributed by atoms with Crippen LogP contribution in [-0.2, 0) is 19.0 Å². The molecule has 3 aromatic rings. The summed E-state index contributed by atoms with van der Waals surface area (Å²) in [7, 11) is 1.58. The molecule has 1 saturated heterocycles. The summed E-state index contributed by atoms with van der Waals surface area (Å²) in [6.45, 7) is 6.60. The van der Waals surface area contributed by atoms with E-state index in [9.17, 15) is 9.18 Å². The van der Waals surface area contributed by atoms with E-state index in [1.54, 1.807) is 38.4 Å². The van der Waals surface area contributed by atoms with Gasteiger partial charge < -0.3 is 29.2 Å². The lowest BCUT2D eigenvalue weighted by atomic mass is 9.90. The number of carbonyl (C=O) groups is 1. The van der Waals surface area contributed by atoms with Crippen molar-refractivity contribution in [2.24, 2.45) is 5.41 Å². The third kappa shape index (κ3) is 5.86. The monoisotopic (exact) mass is 499 g/mol. The van der Waals surface area contributed by atoms with E-state index < -0.39 is 11.7 Å². The summed E-state index contributed by atoms with van der Waals surface area (Å²) >= 11 is 0. The molecule has 1 fully saturated rings. The van der Waals surface area contributed by atoms with E-state index in [1.807, 2.05) is 13.8 Å². The fourth-order valence-corrected chi connectivity index (χ4v) is 3.61. The molecule has 0 unspecified atom stereocenters. The van der Waals surface area contributed by atoms with Crippen LogP contribution in [0.25, 0.3) is 22.6 Å². The Morgan fingerprint density at radius 2 is 1.92 bits per heavy atom. The predicted octanol–water partition coefficient (Wildman–Crippen LogP) is 3.27. The molecule has 0 bridgehead atoms. The maximum absolute atomic E-state index is 13.6. The lowest BCUT2D eigenvalue weighted by Gasteiger charge is -2.35. The van der Waals surface area contributed by atoms with Crippen LogP contribution in [0.15, 0.2) is 36.5 Å². The van der Waals surface area contributed by atoms with E-state index in [4.69, 9.17) is 23.9 Å². The van der Waals surface area contributed by atoms with Gasteiger partial charge in [-0.3, -0.25) is 4.79 Å². The summed E-state index contributed by atoms with van der Waals surface area (Å²) < 4.78 is 36.0. The van der Waals surface area contributed by atoms with E-state index in [0.717, 1.165) is 0 Å². The Morgan fingerprint density at radius 3 is 2.58 bits per heavy atom. The number of carbonyl (C=O) groups excluding carboxylic acids is 1. The number of imidazole rings is 1. The van der Waals surface area contributed by atoms with Crippen molar-refractivity contribution in [3.63, 3.8) is 0 Å². The van der Waals surface area contributed by atoms with Crippen molar-refractivity contribution in [1.29, 1.82) is 0 Å². The van der Waals surface area contributed by atoms with Crippen LogP contribution in [0.1, 0.15) is 32.9 Å². The van der Waals surface area contributed by atoms with Gasteiger partial charge in [-0.05, 0) is 51.1 Å². The zero-order chi connectivity index (χ0) is 25.7. The topological polar surface area (TPSA) is 120 Å². The van der Waals surface area contributed by atoms with Crippen LogP contribution in [0.3, 0.4) is 0 Å². The van der Waals surface area contributed by atoms with Gasteiger partial charge in [-0.15, -0.1) is 0 Å². The molecule has 0 spiro atoms. The average Bonchev–Trinajstić information content (AvgIpc) is 3.30. The molecule has 1 amide bonds. The van der Waals surface area contributed by atoms with E-state index in [-0.39, 0.29) is 37.0 Å². The normalized spacial score (nSPS) is 19.9. The van der Waals surface area contributed by atoms with Gasteiger partial charge in [0.05, 0.1) is 42.3 Å². The molecule has 4 rings (SSSR count). The largest absolute Gasteiger partial charge is 0.461 e. The zero-order valence-corrected chi connectivity index (χ0v) is 20.7. The number of aromatic nitrogens is 4. The first kappa shape index (κ1) is 25.7. The van der Waals surface area contributed by atoms with E-state index >= 15 is 0 Å². The van der Waals surface area contributed by atoms with Crippen molar-refractivity contribution in [3.8, 4) is 28.7 Å². The van der Waals surface area contributed by atoms with Gasteiger partial charge in [0.15, 0.2) is 5.82 Å². The van der Waals surface area contributed by atoms with E-state index in [2.05, 4.69) is 20.3 Å². The zero-order valence-electron chi connectivity index (χ0n) is 20.7. The number of nitrogens with one attached hydrogen (secondary N) is 2. The number of H-pyrrole nitrogens is 1. The number of ether oxygens (including phenoxy) is 4. The minimum absolute atomic E-state index is 0.00850. The summed E-state index contributed by atoms with van der Waals surface area (Å²) in [5.41, 5.74) is 1.47. The molecule has 1 aromatic carbocycles. The Hall–Kier alpha value is -3.41. The summed E-state index contributed by atoms with van der Waals surface area (Å²) in [6.07, 6.45) is 0.753. The number of halogens is 1. The fraction of sp³-hybridized carbons (Fsp3) is 0.440. The maximum atomic E-state index is 13.6. The highest BCUT2D eigenvalue weighted by atomic mass is 19.1. The number of nitrogens with zero attached hydrogens (tertiary/aromatic N) is 3. The Bertz CT molecular complexity index is 1180. The van der Waals surface area contributed by atoms with Crippen molar-refractivity contribution in [2.45, 2.75) is 33.1 Å². The average molecular weight is 500 g/mol. The molecule has 2 aromatic heterocycles. The standard InChI is InChI=1S/C25H30FN5O5/c1-15(2)28-23(32)25(3)13-35-22(36-14-25)21-30-19(16-5-7-17(26)8-6-16)20(31-21)18-9-10-27-24(29-18)34-12-11-33-4/h5-10,15,22H,11-14H2,1-4H3,(H,28,32)(H,30,31). The molecule has 0 atom stereocenters. The van der Waals surface area contributed by atoms with Gasteiger partial charge in [0.25, 0.3) is 0 Å². The Kier molecular flexibility index (Phi) is 7.92. The van der Waals surface area contributed by atoms with Crippen molar-refractivity contribution < 1.29 is 28.1 Å². The Morgan fingerprint density at radius 1 is 1.19 bits per heavy atom. The van der Waals surface area contributed by atoms with Crippen molar-refractivity contribution >= 4 is 5.91 Å². The molecule has 1 aliphatic rings. The smallest absolute Gasteiger partial charge is 0.317 e. The van der Waals surface area contributed by atoms with Crippen LogP contribution >= 0.6 is 0 Å². The van der Waals surface area contributed by atoms with Crippen molar-refractivity contribution in [2.75, 3.05) is 33.5 Å². The molecular weight excluding hydrogens is 469 g/mol. The lowest BCUT2D eigenvalue weighted by molar-refractivity contribution is -0.231. The number of aromatic amines is 1. The van der Waals surface area contributed by atoms with Crippen molar-refractivity contribution in [1.82, 2.24) is 25.3 Å². The lowest BCUT2D eigenvalue weighted by Crippen LogP contribution is -2.50. The molecule has 10 nitrogen and oxygen atoms in total. The quantitative estimate of drug-likeness (QED) is 0.431. The highest BCUT2D eigenvalue weighted by molar-refractivity contribution is 5.83. The molecule has 11 heteroatoms. The maximum Gasteiger partial charge on any atom is 0.317 e. The Balaban J connectivity index is 1.62. The molecule has 0 radical (unpaired) electrons. The molecule has 0 aliphatic carbocycles. The second-order valence-corrected chi connectivity index (χ2v) is 9.06. The minimum atomic E-state index is -0.822. The van der Waals surface area contributed by atoms with Crippen molar-refractivity contribution in [3.05, 3.63) is 48.2 Å². The number of amides is 1. The number of rotatable bonds is 9. The number of methoxy groups -OCH3 is 1. The third-order valence-electron chi connectivity index (χ3n) is 5.55. The number of hydrogen-bond acceptors (Lipinski definition) is 8. The molecule has 192 valence electrons. The van der Waals surface area contributed by atoms with Crippen LogP contribution in [0, 0.1) is 11.2 Å². The van der Waals surface area contributed by atoms with Crippen LogP contribution in [0.2, 0.25) is 0 Å². The second-order valence-electron chi connectivity index (χ2n) is 9.06. The summed E-state index contributed by atoms with van der Waals surface area (Å²) in [6, 6.07) is 7.89. The van der Waals surface area contributed by atoms with Gasteiger partial charge in [-0.2, -0.15) is 4.98 Å². The Labute approximate surface area is 208 Å². The van der Waals surface area contributed by atoms with Gasteiger partial charge >= 0.3 is 6.01 Å². The van der Waals surface area contributed by atoms with Crippen LogP contribution < -0.4 is 10.1 Å². The molecule has 3 heterocycles. The van der Waals surface area contributed by atoms with E-state index in [0.29, 0.717) is 41.7 Å². The predicted molar refractivity (Wildman–Crippen MR) is 128 cm³/mol. The molecule has 2 N–H and O–H groups in total. The molecule has 36 heavy (non-hydrogen) atoms. The highest BCUT2D eigenvalue weighted by Gasteiger charge is 2.41. The van der Waals surface area contributed by atoms with Gasteiger partial charge in [0.2, 0.25) is 12.2 Å². The van der Waals surface area contributed by atoms with E-state index in [1.165, 1.54) is 12.1 Å². The van der Waals surface area contributed by atoms with Crippen LogP contribution in [0.5, 0.6) is 6.01 Å². The summed E-state index contributed by atoms with van der Waals surface area (Å²) in [5, 5.41) is 2.90. The fourth-order valence-electron chi connectivity index (χ4n) is 3.61.